The monoisotopic (exact) mass is 210 g/mol. The minimum atomic E-state index is -0.335. The summed E-state index contributed by atoms with van der Waals surface area (Å²) in [6, 6.07) is 1.29. The van der Waals surface area contributed by atoms with E-state index in [1.807, 2.05) is 0 Å². The molecule has 0 aliphatic carbocycles. The predicted molar refractivity (Wildman–Crippen MR) is 53.9 cm³/mol. The van der Waals surface area contributed by atoms with Crippen molar-refractivity contribution < 1.29 is 4.39 Å². The van der Waals surface area contributed by atoms with Gasteiger partial charge in [-0.05, 0) is 25.6 Å². The van der Waals surface area contributed by atoms with Gasteiger partial charge >= 0.3 is 0 Å². The van der Waals surface area contributed by atoms with Crippen LogP contribution in [0.25, 0.3) is 0 Å². The van der Waals surface area contributed by atoms with Gasteiger partial charge in [0.1, 0.15) is 5.82 Å². The Hall–Kier alpha value is -0.605. The fourth-order valence-electron chi connectivity index (χ4n) is 1.74. The Balaban J connectivity index is 2.24. The molecule has 2 nitrogen and oxygen atoms in total. The van der Waals surface area contributed by atoms with Crippen molar-refractivity contribution in [1.29, 1.82) is 0 Å². The lowest BCUT2D eigenvalue weighted by Crippen LogP contribution is -2.16. The number of nitrogens with zero attached hydrogens (tertiary/aromatic N) is 2. The first-order chi connectivity index (χ1) is 6.66. The zero-order chi connectivity index (χ0) is 10.1. The lowest BCUT2D eigenvalue weighted by molar-refractivity contribution is 0.534. The summed E-state index contributed by atoms with van der Waals surface area (Å²) in [4.78, 5) is 5.69. The Morgan fingerprint density at radius 2 is 2.43 bits per heavy atom. The van der Waals surface area contributed by atoms with Crippen molar-refractivity contribution in [2.24, 2.45) is 0 Å². The molecule has 1 aliphatic heterocycles. The van der Waals surface area contributed by atoms with Gasteiger partial charge in [-0.3, -0.25) is 4.98 Å². The van der Waals surface area contributed by atoms with E-state index in [-0.39, 0.29) is 11.7 Å². The van der Waals surface area contributed by atoms with Crippen LogP contribution in [0.15, 0.2) is 12.3 Å². The van der Waals surface area contributed by atoms with Crippen molar-refractivity contribution in [3.8, 4) is 0 Å². The molecule has 1 saturated heterocycles. The Morgan fingerprint density at radius 1 is 1.64 bits per heavy atom. The molecule has 0 amide bonds. The van der Waals surface area contributed by atoms with E-state index in [1.54, 1.807) is 4.81 Å². The van der Waals surface area contributed by atoms with E-state index in [1.165, 1.54) is 12.3 Å². The summed E-state index contributed by atoms with van der Waals surface area (Å²) in [6.07, 6.45) is 2.32. The largest absolute Gasteiger partial charge is 0.353 e. The number of aromatic nitrogens is 1. The molecule has 14 heavy (non-hydrogen) atoms. The molecule has 1 fully saturated rings. The number of halogens is 2. The quantitative estimate of drug-likeness (QED) is 0.657. The number of pyridine rings is 1. The normalized spacial score (nSPS) is 22.9. The average Bonchev–Trinajstić information content (AvgIpc) is 2.51. The lowest BCUT2D eigenvalue weighted by Gasteiger charge is -2.10. The smallest absolute Gasteiger partial charge is 0.182 e. The van der Waals surface area contributed by atoms with E-state index in [2.05, 4.69) is 4.98 Å². The Morgan fingerprint density at radius 3 is 3.00 bits per heavy atom. The van der Waals surface area contributed by atoms with E-state index < -0.39 is 0 Å². The van der Waals surface area contributed by atoms with Crippen LogP contribution in [0.2, 0.25) is 5.02 Å². The third kappa shape index (κ3) is 1.91. The molecule has 1 aromatic heterocycles. The summed E-state index contributed by atoms with van der Waals surface area (Å²) >= 11 is 5.61. The van der Waals surface area contributed by atoms with E-state index in [9.17, 15) is 4.39 Å². The van der Waals surface area contributed by atoms with Crippen molar-refractivity contribution >= 4 is 19.6 Å². The first kappa shape index (κ1) is 9.93. The van der Waals surface area contributed by atoms with Crippen LogP contribution in [0.1, 0.15) is 18.0 Å². The van der Waals surface area contributed by atoms with Gasteiger partial charge in [0.15, 0.2) is 7.98 Å². The molecule has 1 aliphatic rings. The van der Waals surface area contributed by atoms with Crippen molar-refractivity contribution in [2.45, 2.75) is 12.3 Å². The van der Waals surface area contributed by atoms with Crippen LogP contribution in [-0.2, 0) is 0 Å². The van der Waals surface area contributed by atoms with Gasteiger partial charge in [-0.1, -0.05) is 11.6 Å². The van der Waals surface area contributed by atoms with E-state index >= 15 is 0 Å². The molecule has 5 heteroatoms. The van der Waals surface area contributed by atoms with Gasteiger partial charge in [0.2, 0.25) is 0 Å². The summed E-state index contributed by atoms with van der Waals surface area (Å²) in [7, 11) is 5.60. The van der Waals surface area contributed by atoms with Crippen LogP contribution in [0.5, 0.6) is 0 Å². The predicted octanol–water partition coefficient (Wildman–Crippen LogP) is 1.75. The van der Waals surface area contributed by atoms with Gasteiger partial charge in [0.05, 0.1) is 10.7 Å². The third-order valence-electron chi connectivity index (χ3n) is 2.44. The maximum Gasteiger partial charge on any atom is 0.182 e. The molecule has 2 radical (unpaired) electrons. The first-order valence-electron chi connectivity index (χ1n) is 4.47. The van der Waals surface area contributed by atoms with Gasteiger partial charge < -0.3 is 4.81 Å². The van der Waals surface area contributed by atoms with Crippen molar-refractivity contribution in [2.75, 3.05) is 13.1 Å². The first-order valence-corrected chi connectivity index (χ1v) is 4.85. The van der Waals surface area contributed by atoms with Gasteiger partial charge in [-0.15, -0.1) is 0 Å². The molecule has 1 aromatic rings. The topological polar surface area (TPSA) is 16.1 Å². The van der Waals surface area contributed by atoms with Crippen LogP contribution >= 0.6 is 11.6 Å². The molecule has 0 spiro atoms. The van der Waals surface area contributed by atoms with Crippen molar-refractivity contribution in [1.82, 2.24) is 9.79 Å². The molecule has 0 N–H and O–H groups in total. The van der Waals surface area contributed by atoms with E-state index in [0.717, 1.165) is 13.0 Å². The van der Waals surface area contributed by atoms with Crippen LogP contribution in [-0.4, -0.2) is 30.9 Å². The Bertz CT molecular complexity index is 348. The molecule has 2 heterocycles. The van der Waals surface area contributed by atoms with Gasteiger partial charge in [-0.2, -0.15) is 0 Å². The highest BCUT2D eigenvalue weighted by atomic mass is 35.5. The molecule has 2 rings (SSSR count). The Labute approximate surface area is 88.5 Å². The maximum atomic E-state index is 13.4. The van der Waals surface area contributed by atoms with Crippen LogP contribution in [0, 0.1) is 5.82 Å². The summed E-state index contributed by atoms with van der Waals surface area (Å²) in [5, 5.41) is 0.328. The minimum absolute atomic E-state index is 0.0947. The summed E-state index contributed by atoms with van der Waals surface area (Å²) in [5.41, 5.74) is 0.474. The second kappa shape index (κ2) is 3.87. The molecule has 72 valence electrons. The number of rotatable bonds is 1. The second-order valence-corrected chi connectivity index (χ2v) is 3.94. The lowest BCUT2D eigenvalue weighted by atomic mass is 10.0. The molecule has 1 atom stereocenters. The van der Waals surface area contributed by atoms with Gasteiger partial charge in [0.25, 0.3) is 0 Å². The van der Waals surface area contributed by atoms with E-state index in [0.29, 0.717) is 17.3 Å². The average molecular weight is 210 g/mol. The molecule has 1 unspecified atom stereocenters. The highest BCUT2D eigenvalue weighted by Crippen LogP contribution is 2.27. The fourth-order valence-corrected chi connectivity index (χ4v) is 1.88. The van der Waals surface area contributed by atoms with Crippen molar-refractivity contribution in [3.63, 3.8) is 0 Å². The standard InChI is InChI=1S/C9H9BClFN2/c10-14-2-1-6(5-14)9-8(12)3-7(11)4-13-9/h3-4,6H,1-2,5H2. The summed E-state index contributed by atoms with van der Waals surface area (Å²) in [5.74, 6) is -0.241. The number of hydrogen-bond acceptors (Lipinski definition) is 2. The highest BCUT2D eigenvalue weighted by Gasteiger charge is 2.24. The van der Waals surface area contributed by atoms with Gasteiger partial charge in [-0.25, -0.2) is 4.39 Å². The third-order valence-corrected chi connectivity index (χ3v) is 2.65. The van der Waals surface area contributed by atoms with E-state index in [4.69, 9.17) is 19.6 Å². The van der Waals surface area contributed by atoms with Crippen LogP contribution < -0.4 is 0 Å². The highest BCUT2D eigenvalue weighted by molar-refractivity contribution is 6.30. The zero-order valence-corrected chi connectivity index (χ0v) is 8.34. The Kier molecular flexibility index (Phi) is 2.74. The number of hydrogen-bond donors (Lipinski definition) is 0. The minimum Gasteiger partial charge on any atom is -0.353 e. The van der Waals surface area contributed by atoms with Crippen LogP contribution in [0.4, 0.5) is 4.39 Å². The summed E-state index contributed by atoms with van der Waals surface area (Å²) < 4.78 is 13.4. The molecule has 0 saturated carbocycles. The van der Waals surface area contributed by atoms with Gasteiger partial charge in [0, 0.05) is 12.1 Å². The summed E-state index contributed by atoms with van der Waals surface area (Å²) in [6.45, 7) is 1.44. The zero-order valence-electron chi connectivity index (χ0n) is 7.58. The fraction of sp³-hybridized carbons (Fsp3) is 0.444. The second-order valence-electron chi connectivity index (χ2n) is 3.50. The maximum absolute atomic E-state index is 13.4. The van der Waals surface area contributed by atoms with Crippen molar-refractivity contribution in [3.05, 3.63) is 28.8 Å². The molecular formula is C9H9BClFN2. The SMILES string of the molecule is [B]N1CCC(c2ncc(Cl)cc2F)C1. The van der Waals surface area contributed by atoms with Crippen LogP contribution in [0.3, 0.4) is 0 Å². The molecule has 0 aromatic carbocycles. The molecule has 0 bridgehead atoms. The molecular weight excluding hydrogens is 201 g/mol.